The Morgan fingerprint density at radius 2 is 2.00 bits per heavy atom. The molecule has 1 rings (SSSR count). The predicted octanol–water partition coefficient (Wildman–Crippen LogP) is 2.14. The highest BCUT2D eigenvalue weighted by Gasteiger charge is 2.30. The number of sulfone groups is 1. The lowest BCUT2D eigenvalue weighted by atomic mass is 10.1. The van der Waals surface area contributed by atoms with Gasteiger partial charge in [0.25, 0.3) is 5.91 Å². The molecule has 4 nitrogen and oxygen atoms in total. The Morgan fingerprint density at radius 3 is 2.53 bits per heavy atom. The molecule has 106 valence electrons. The monoisotopic (exact) mass is 351 g/mol. The second-order valence-corrected chi connectivity index (χ2v) is 8.40. The molecule has 1 aromatic carbocycles. The smallest absolute Gasteiger partial charge is 0.254 e. The molecule has 0 aliphatic heterocycles. The molecule has 1 amide bonds. The Morgan fingerprint density at radius 1 is 1.42 bits per heavy atom. The number of hydrogen-bond acceptors (Lipinski definition) is 3. The fourth-order valence-electron chi connectivity index (χ4n) is 1.19. The first-order valence-electron chi connectivity index (χ1n) is 5.47. The van der Waals surface area contributed by atoms with Crippen molar-refractivity contribution in [2.75, 3.05) is 12.8 Å². The van der Waals surface area contributed by atoms with Gasteiger partial charge in [-0.05, 0) is 32.0 Å². The standard InChI is InChI=1S/C12H15BrFNO3S/c1-12(2,19(3,17)18)7-15-11(16)9-6-8(13)4-5-10(9)14/h4-6H,7H2,1-3H3,(H,15,16). The van der Waals surface area contributed by atoms with Crippen LogP contribution in [0.4, 0.5) is 4.39 Å². The lowest BCUT2D eigenvalue weighted by Gasteiger charge is -2.22. The number of nitrogens with one attached hydrogen (secondary N) is 1. The van der Waals surface area contributed by atoms with E-state index in [1.54, 1.807) is 0 Å². The van der Waals surface area contributed by atoms with Crippen LogP contribution >= 0.6 is 15.9 Å². The molecule has 0 aliphatic rings. The van der Waals surface area contributed by atoms with E-state index in [0.29, 0.717) is 4.47 Å². The molecule has 0 aliphatic carbocycles. The molecule has 1 aromatic rings. The number of carbonyl (C=O) groups excluding carboxylic acids is 1. The molecule has 0 unspecified atom stereocenters. The van der Waals surface area contributed by atoms with Gasteiger partial charge in [0.1, 0.15) is 5.82 Å². The summed E-state index contributed by atoms with van der Waals surface area (Å²) in [6.07, 6.45) is 1.10. The normalized spacial score (nSPS) is 12.3. The van der Waals surface area contributed by atoms with Crippen molar-refractivity contribution in [3.8, 4) is 0 Å². The molecule has 7 heteroatoms. The largest absolute Gasteiger partial charge is 0.350 e. The highest BCUT2D eigenvalue weighted by Crippen LogP contribution is 2.17. The summed E-state index contributed by atoms with van der Waals surface area (Å²) < 4.78 is 35.9. The van der Waals surface area contributed by atoms with Crippen molar-refractivity contribution >= 4 is 31.7 Å². The first kappa shape index (κ1) is 16.1. The van der Waals surface area contributed by atoms with Gasteiger partial charge in [-0.2, -0.15) is 0 Å². The third-order valence-electron chi connectivity index (χ3n) is 2.85. The van der Waals surface area contributed by atoms with Crippen LogP contribution in [0.15, 0.2) is 22.7 Å². The third-order valence-corrected chi connectivity index (χ3v) is 5.50. The first-order valence-corrected chi connectivity index (χ1v) is 8.16. The zero-order chi connectivity index (χ0) is 14.8. The third kappa shape index (κ3) is 4.01. The van der Waals surface area contributed by atoms with Crippen molar-refractivity contribution in [3.63, 3.8) is 0 Å². The number of rotatable bonds is 4. The van der Waals surface area contributed by atoms with Crippen LogP contribution in [0.1, 0.15) is 24.2 Å². The average molecular weight is 352 g/mol. The molecule has 0 atom stereocenters. The van der Waals surface area contributed by atoms with Crippen LogP contribution in [0.5, 0.6) is 0 Å². The van der Waals surface area contributed by atoms with Gasteiger partial charge in [0.15, 0.2) is 9.84 Å². The molecule has 0 saturated heterocycles. The van der Waals surface area contributed by atoms with Gasteiger partial charge in [0.2, 0.25) is 0 Å². The summed E-state index contributed by atoms with van der Waals surface area (Å²) in [4.78, 5) is 11.8. The second-order valence-electron chi connectivity index (χ2n) is 4.84. The Hall–Kier alpha value is -0.950. The maximum Gasteiger partial charge on any atom is 0.254 e. The zero-order valence-electron chi connectivity index (χ0n) is 10.8. The Balaban J connectivity index is 2.85. The SMILES string of the molecule is CC(C)(CNC(=O)c1cc(Br)ccc1F)S(C)(=O)=O. The van der Waals surface area contributed by atoms with Gasteiger partial charge >= 0.3 is 0 Å². The van der Waals surface area contributed by atoms with Crippen molar-refractivity contribution in [2.24, 2.45) is 0 Å². The van der Waals surface area contributed by atoms with Gasteiger partial charge in [0.05, 0.1) is 10.3 Å². The fourth-order valence-corrected chi connectivity index (χ4v) is 1.89. The lowest BCUT2D eigenvalue weighted by molar-refractivity contribution is 0.0946. The topological polar surface area (TPSA) is 63.2 Å². The molecule has 0 spiro atoms. The summed E-state index contributed by atoms with van der Waals surface area (Å²) >= 11 is 3.14. The van der Waals surface area contributed by atoms with E-state index < -0.39 is 26.3 Å². The molecule has 0 radical (unpaired) electrons. The predicted molar refractivity (Wildman–Crippen MR) is 75.4 cm³/mol. The maximum absolute atomic E-state index is 13.5. The summed E-state index contributed by atoms with van der Waals surface area (Å²) in [7, 11) is -3.32. The minimum atomic E-state index is -3.32. The van der Waals surface area contributed by atoms with Crippen molar-refractivity contribution in [3.05, 3.63) is 34.1 Å². The van der Waals surface area contributed by atoms with Crippen LogP contribution in [0.3, 0.4) is 0 Å². The Bertz CT molecular complexity index is 599. The van der Waals surface area contributed by atoms with E-state index in [-0.39, 0.29) is 12.1 Å². The Kier molecular flexibility index (Phi) is 4.73. The summed E-state index contributed by atoms with van der Waals surface area (Å²) in [5, 5.41) is 2.43. The van der Waals surface area contributed by atoms with E-state index in [4.69, 9.17) is 0 Å². The summed E-state index contributed by atoms with van der Waals surface area (Å²) in [6.45, 7) is 2.91. The van der Waals surface area contributed by atoms with Gasteiger partial charge in [-0.1, -0.05) is 15.9 Å². The summed E-state index contributed by atoms with van der Waals surface area (Å²) in [5.41, 5.74) is -0.126. The minimum absolute atomic E-state index is 0.0867. The zero-order valence-corrected chi connectivity index (χ0v) is 13.2. The van der Waals surface area contributed by atoms with Gasteiger partial charge in [-0.25, -0.2) is 12.8 Å². The highest BCUT2D eigenvalue weighted by atomic mass is 79.9. The highest BCUT2D eigenvalue weighted by molar-refractivity contribution is 9.10. The van der Waals surface area contributed by atoms with Crippen LogP contribution < -0.4 is 5.32 Å². The molecule has 0 aromatic heterocycles. The van der Waals surface area contributed by atoms with Gasteiger partial charge in [0, 0.05) is 17.3 Å². The van der Waals surface area contributed by atoms with E-state index >= 15 is 0 Å². The molecule has 1 N–H and O–H groups in total. The van der Waals surface area contributed by atoms with Crippen LogP contribution in [-0.4, -0.2) is 31.9 Å². The second kappa shape index (κ2) is 5.58. The maximum atomic E-state index is 13.5. The first-order chi connectivity index (χ1) is 8.54. The van der Waals surface area contributed by atoms with Crippen LogP contribution in [0.25, 0.3) is 0 Å². The van der Waals surface area contributed by atoms with Crippen molar-refractivity contribution in [1.29, 1.82) is 0 Å². The van der Waals surface area contributed by atoms with Gasteiger partial charge in [-0.3, -0.25) is 4.79 Å². The van der Waals surface area contributed by atoms with E-state index in [9.17, 15) is 17.6 Å². The van der Waals surface area contributed by atoms with E-state index in [2.05, 4.69) is 21.2 Å². The minimum Gasteiger partial charge on any atom is -0.350 e. The fraction of sp³-hybridized carbons (Fsp3) is 0.417. The van der Waals surface area contributed by atoms with Gasteiger partial charge in [-0.15, -0.1) is 0 Å². The van der Waals surface area contributed by atoms with E-state index in [1.807, 2.05) is 0 Å². The summed E-state index contributed by atoms with van der Waals surface area (Å²) in [5.74, 6) is -1.30. The number of halogens is 2. The molecule has 0 bridgehead atoms. The molecular formula is C12H15BrFNO3S. The van der Waals surface area contributed by atoms with Crippen molar-refractivity contribution < 1.29 is 17.6 Å². The quantitative estimate of drug-likeness (QED) is 0.903. The molecule has 0 heterocycles. The van der Waals surface area contributed by atoms with Crippen molar-refractivity contribution in [1.82, 2.24) is 5.32 Å². The van der Waals surface area contributed by atoms with Crippen LogP contribution in [0, 0.1) is 5.82 Å². The lowest BCUT2D eigenvalue weighted by Crippen LogP contribution is -2.43. The van der Waals surface area contributed by atoms with Crippen molar-refractivity contribution in [2.45, 2.75) is 18.6 Å². The Labute approximate surface area is 120 Å². The average Bonchev–Trinajstić information content (AvgIpc) is 2.28. The van der Waals surface area contributed by atoms with E-state index in [0.717, 1.165) is 6.26 Å². The number of hydrogen-bond donors (Lipinski definition) is 1. The van der Waals surface area contributed by atoms with Crippen LogP contribution in [0.2, 0.25) is 0 Å². The van der Waals surface area contributed by atoms with E-state index in [1.165, 1.54) is 32.0 Å². The number of carbonyl (C=O) groups is 1. The van der Waals surface area contributed by atoms with Gasteiger partial charge < -0.3 is 5.32 Å². The number of benzene rings is 1. The molecule has 19 heavy (non-hydrogen) atoms. The molecule has 0 saturated carbocycles. The van der Waals surface area contributed by atoms with Crippen LogP contribution in [-0.2, 0) is 9.84 Å². The molecular weight excluding hydrogens is 337 g/mol. The molecule has 0 fully saturated rings. The number of amides is 1. The summed E-state index contributed by atoms with van der Waals surface area (Å²) in [6, 6.07) is 3.99.